The lowest BCUT2D eigenvalue weighted by Crippen LogP contribution is -2.20. The molecule has 0 fully saturated rings. The van der Waals surface area contributed by atoms with Crippen molar-refractivity contribution in [3.8, 4) is 11.3 Å². The van der Waals surface area contributed by atoms with Gasteiger partial charge in [-0.3, -0.25) is 4.79 Å². The number of carbonyl (C=O) groups is 1. The minimum absolute atomic E-state index is 0.282. The normalized spacial score (nSPS) is 11.5. The number of fused-ring (bicyclic) bond motifs is 1. The molecule has 1 aromatic heterocycles. The smallest absolute Gasteiger partial charge is 0.267 e. The van der Waals surface area contributed by atoms with E-state index in [1.807, 2.05) is 80.6 Å². The van der Waals surface area contributed by atoms with Crippen molar-refractivity contribution in [1.29, 1.82) is 0 Å². The van der Waals surface area contributed by atoms with Gasteiger partial charge in [-0.2, -0.15) is 5.10 Å². The highest BCUT2D eigenvalue weighted by Gasteiger charge is 2.14. The first-order valence-corrected chi connectivity index (χ1v) is 9.96. The monoisotopic (exact) mass is 413 g/mol. The van der Waals surface area contributed by atoms with E-state index >= 15 is 0 Å². The molecule has 0 saturated heterocycles. The van der Waals surface area contributed by atoms with E-state index in [0.717, 1.165) is 27.7 Å². The zero-order chi connectivity index (χ0) is 21.1. The van der Waals surface area contributed by atoms with E-state index in [9.17, 15) is 4.79 Å². The van der Waals surface area contributed by atoms with Crippen LogP contribution in [0.5, 0.6) is 0 Å². The number of hydrazone groups is 1. The van der Waals surface area contributed by atoms with E-state index in [4.69, 9.17) is 16.6 Å². The van der Waals surface area contributed by atoms with Crippen LogP contribution in [-0.4, -0.2) is 16.6 Å². The minimum Gasteiger partial charge on any atom is -0.267 e. The number of amides is 1. The van der Waals surface area contributed by atoms with Crippen LogP contribution in [0.25, 0.3) is 22.2 Å². The van der Waals surface area contributed by atoms with Gasteiger partial charge < -0.3 is 0 Å². The molecular formula is C25H20ClN3O. The second-order valence-corrected chi connectivity index (χ2v) is 7.52. The number of nitrogens with one attached hydrogen (secondary N) is 1. The molecule has 0 aliphatic heterocycles. The maximum Gasteiger partial charge on any atom is 0.272 e. The molecule has 0 radical (unpaired) electrons. The Labute approximate surface area is 180 Å². The number of rotatable bonds is 4. The third kappa shape index (κ3) is 4.24. The molecule has 0 atom stereocenters. The summed E-state index contributed by atoms with van der Waals surface area (Å²) in [5, 5.41) is 5.71. The van der Waals surface area contributed by atoms with Crippen LogP contribution in [-0.2, 0) is 0 Å². The number of carbonyl (C=O) groups excluding carboxylic acids is 1. The number of aromatic nitrogens is 1. The summed E-state index contributed by atoms with van der Waals surface area (Å²) in [7, 11) is 0. The van der Waals surface area contributed by atoms with Gasteiger partial charge >= 0.3 is 0 Å². The fourth-order valence-electron chi connectivity index (χ4n) is 3.19. The minimum atomic E-state index is -0.282. The molecule has 1 N–H and O–H groups in total. The zero-order valence-corrected chi connectivity index (χ0v) is 17.4. The van der Waals surface area contributed by atoms with E-state index in [-0.39, 0.29) is 5.91 Å². The molecule has 4 rings (SSSR count). The third-order valence-electron chi connectivity index (χ3n) is 4.90. The molecule has 0 bridgehead atoms. The molecule has 148 valence electrons. The Bertz CT molecular complexity index is 1250. The molecule has 0 saturated carbocycles. The van der Waals surface area contributed by atoms with Gasteiger partial charge in [0.2, 0.25) is 0 Å². The fraction of sp³-hybridized carbons (Fsp3) is 0.0800. The van der Waals surface area contributed by atoms with Crippen molar-refractivity contribution in [2.45, 2.75) is 13.8 Å². The molecule has 0 spiro atoms. The third-order valence-corrected chi connectivity index (χ3v) is 5.15. The molecule has 1 amide bonds. The number of nitrogens with zero attached hydrogens (tertiary/aromatic N) is 2. The van der Waals surface area contributed by atoms with Crippen LogP contribution in [0.3, 0.4) is 0 Å². The maximum absolute atomic E-state index is 13.0. The average Bonchev–Trinajstić information content (AvgIpc) is 2.77. The number of halogens is 1. The topological polar surface area (TPSA) is 54.4 Å². The Morgan fingerprint density at radius 1 is 0.967 bits per heavy atom. The quantitative estimate of drug-likeness (QED) is 0.328. The van der Waals surface area contributed by atoms with Crippen molar-refractivity contribution in [3.63, 3.8) is 0 Å². The highest BCUT2D eigenvalue weighted by molar-refractivity contribution is 6.30. The first-order chi connectivity index (χ1) is 14.5. The van der Waals surface area contributed by atoms with Crippen LogP contribution in [0.2, 0.25) is 5.02 Å². The maximum atomic E-state index is 13.0. The Morgan fingerprint density at radius 3 is 2.40 bits per heavy atom. The molecule has 0 unspecified atom stereocenters. The number of pyridine rings is 1. The van der Waals surface area contributed by atoms with Crippen molar-refractivity contribution in [2.75, 3.05) is 0 Å². The van der Waals surface area contributed by atoms with Gasteiger partial charge in [-0.15, -0.1) is 0 Å². The number of benzene rings is 3. The van der Waals surface area contributed by atoms with Crippen LogP contribution in [0.1, 0.15) is 28.4 Å². The Morgan fingerprint density at radius 2 is 1.67 bits per heavy atom. The Hall–Kier alpha value is -3.50. The number of aryl methyl sites for hydroxylation is 1. The van der Waals surface area contributed by atoms with E-state index in [1.165, 1.54) is 5.56 Å². The zero-order valence-electron chi connectivity index (χ0n) is 16.7. The molecule has 5 heteroatoms. The van der Waals surface area contributed by atoms with Crippen molar-refractivity contribution in [2.24, 2.45) is 5.10 Å². The van der Waals surface area contributed by atoms with Crippen LogP contribution in [0, 0.1) is 6.92 Å². The Balaban J connectivity index is 1.70. The summed E-state index contributed by atoms with van der Waals surface area (Å²) in [5.74, 6) is -0.282. The van der Waals surface area contributed by atoms with Gasteiger partial charge in [-0.1, -0.05) is 71.8 Å². The van der Waals surface area contributed by atoms with E-state index in [1.54, 1.807) is 12.1 Å². The second kappa shape index (κ2) is 8.47. The Kier molecular flexibility index (Phi) is 5.59. The number of hydrogen-bond acceptors (Lipinski definition) is 3. The van der Waals surface area contributed by atoms with Gasteiger partial charge in [0.25, 0.3) is 5.91 Å². The van der Waals surface area contributed by atoms with Gasteiger partial charge in [0.15, 0.2) is 0 Å². The lowest BCUT2D eigenvalue weighted by Gasteiger charge is -2.10. The van der Waals surface area contributed by atoms with Crippen LogP contribution < -0.4 is 5.43 Å². The van der Waals surface area contributed by atoms with Gasteiger partial charge in [-0.05, 0) is 43.7 Å². The number of hydrogen-bond donors (Lipinski definition) is 1. The van der Waals surface area contributed by atoms with Crippen LogP contribution in [0.15, 0.2) is 84.0 Å². The van der Waals surface area contributed by atoms with Crippen LogP contribution >= 0.6 is 11.6 Å². The summed E-state index contributed by atoms with van der Waals surface area (Å²) in [6.45, 7) is 3.88. The molecule has 4 nitrogen and oxygen atoms in total. The lowest BCUT2D eigenvalue weighted by atomic mass is 10.0. The van der Waals surface area contributed by atoms with Crippen molar-refractivity contribution < 1.29 is 4.79 Å². The molecule has 30 heavy (non-hydrogen) atoms. The highest BCUT2D eigenvalue weighted by Crippen LogP contribution is 2.25. The lowest BCUT2D eigenvalue weighted by molar-refractivity contribution is 0.0956. The standard InChI is InChI=1S/C25H20ClN3O/c1-16-7-9-19(10-8-16)24-15-22(21-5-3-4-6-23(21)27-24)25(30)29-28-17(2)18-11-13-20(26)14-12-18/h3-15H,1-2H3,(H,29,30)/b28-17+. The second-order valence-electron chi connectivity index (χ2n) is 7.08. The van der Waals surface area contributed by atoms with E-state index in [2.05, 4.69) is 10.5 Å². The molecule has 0 aliphatic carbocycles. The van der Waals surface area contributed by atoms with Crippen LogP contribution in [0.4, 0.5) is 0 Å². The molecule has 3 aromatic carbocycles. The highest BCUT2D eigenvalue weighted by atomic mass is 35.5. The van der Waals surface area contributed by atoms with Crippen molar-refractivity contribution in [1.82, 2.24) is 10.4 Å². The van der Waals surface area contributed by atoms with Gasteiger partial charge in [0, 0.05) is 16.0 Å². The molecule has 4 aromatic rings. The summed E-state index contributed by atoms with van der Waals surface area (Å²) < 4.78 is 0. The summed E-state index contributed by atoms with van der Waals surface area (Å²) in [4.78, 5) is 17.8. The first-order valence-electron chi connectivity index (χ1n) is 9.58. The summed E-state index contributed by atoms with van der Waals surface area (Å²) in [5.41, 5.74) is 8.43. The molecule has 1 heterocycles. The fourth-order valence-corrected chi connectivity index (χ4v) is 3.31. The predicted octanol–water partition coefficient (Wildman–Crippen LogP) is 6.02. The summed E-state index contributed by atoms with van der Waals surface area (Å²) in [6, 6.07) is 24.8. The molecule has 0 aliphatic rings. The van der Waals surface area contributed by atoms with Gasteiger partial charge in [-0.25, -0.2) is 10.4 Å². The summed E-state index contributed by atoms with van der Waals surface area (Å²) >= 11 is 5.94. The van der Waals surface area contributed by atoms with E-state index in [0.29, 0.717) is 16.3 Å². The number of para-hydroxylation sites is 1. The summed E-state index contributed by atoms with van der Waals surface area (Å²) in [6.07, 6.45) is 0. The predicted molar refractivity (Wildman–Crippen MR) is 123 cm³/mol. The largest absolute Gasteiger partial charge is 0.272 e. The van der Waals surface area contributed by atoms with Crippen molar-refractivity contribution in [3.05, 3.63) is 101 Å². The van der Waals surface area contributed by atoms with E-state index < -0.39 is 0 Å². The SMILES string of the molecule is C/C(=N\NC(=O)c1cc(-c2ccc(C)cc2)nc2ccccc12)c1ccc(Cl)cc1. The molecular weight excluding hydrogens is 394 g/mol. The average molecular weight is 414 g/mol. The van der Waals surface area contributed by atoms with Crippen molar-refractivity contribution >= 4 is 34.1 Å². The first kappa shape index (κ1) is 19.8. The van der Waals surface area contributed by atoms with Gasteiger partial charge in [0.1, 0.15) is 0 Å². The van der Waals surface area contributed by atoms with Gasteiger partial charge in [0.05, 0.1) is 22.5 Å².